The van der Waals surface area contributed by atoms with Crippen molar-refractivity contribution in [1.82, 2.24) is 24.8 Å². The summed E-state index contributed by atoms with van der Waals surface area (Å²) in [6.45, 7) is 3.80. The van der Waals surface area contributed by atoms with E-state index >= 15 is 0 Å². The third-order valence-corrected chi connectivity index (χ3v) is 5.73. The number of anilines is 3. The highest BCUT2D eigenvalue weighted by molar-refractivity contribution is 5.83. The maximum Gasteiger partial charge on any atom is 0.320 e. The highest BCUT2D eigenvalue weighted by Crippen LogP contribution is 2.48. The van der Waals surface area contributed by atoms with Gasteiger partial charge in [-0.3, -0.25) is 9.97 Å². The lowest BCUT2D eigenvalue weighted by molar-refractivity contribution is 0.313. The molecule has 0 radical (unpaired) electrons. The van der Waals surface area contributed by atoms with Gasteiger partial charge in [-0.1, -0.05) is 6.07 Å². The molecule has 0 saturated carbocycles. The number of nitrogens with two attached hydrogens (primary N) is 1. The second-order valence-electron chi connectivity index (χ2n) is 8.61. The molecule has 0 saturated heterocycles. The second kappa shape index (κ2) is 10.2. The first kappa shape index (κ1) is 23.6. The van der Waals surface area contributed by atoms with Crippen LogP contribution < -0.4 is 20.3 Å². The predicted octanol–water partition coefficient (Wildman–Crippen LogP) is 3.04. The summed E-state index contributed by atoms with van der Waals surface area (Å²) in [7, 11) is 6.03. The molecule has 3 aromatic heterocycles. The number of aryl methyl sites for hydroxylation is 1. The van der Waals surface area contributed by atoms with Gasteiger partial charge in [0.05, 0.1) is 12.8 Å². The third-order valence-electron chi connectivity index (χ3n) is 5.73. The van der Waals surface area contributed by atoms with Crippen molar-refractivity contribution in [2.75, 3.05) is 49.8 Å². The number of hydrogen-bond donors (Lipinski definition) is 1. The molecule has 0 spiro atoms. The zero-order chi connectivity index (χ0) is 24.2. The Morgan fingerprint density at radius 2 is 2.00 bits per heavy atom. The summed E-state index contributed by atoms with van der Waals surface area (Å²) in [6.07, 6.45) is 6.34. The number of hydrogen-bond acceptors (Lipinski definition) is 9. The standard InChI is InChI=1S/C24H31FN8O/c1-5-34-24-29-21(26)20-22(30-24)33(23(32(20)4)17-11-18(25)14-27-13-17)15-16-8-9-19(28-12-16)7-6-10-31(2)3/h8-9,11-14,23H,5-7,10,15H2,1-4H3,(H2,26,29,30). The zero-order valence-electron chi connectivity index (χ0n) is 20.1. The number of nitrogen functional groups attached to an aromatic ring is 1. The summed E-state index contributed by atoms with van der Waals surface area (Å²) < 4.78 is 19.6. The van der Waals surface area contributed by atoms with E-state index in [1.165, 1.54) is 12.3 Å². The summed E-state index contributed by atoms with van der Waals surface area (Å²) >= 11 is 0. The Morgan fingerprint density at radius 1 is 1.18 bits per heavy atom. The quantitative estimate of drug-likeness (QED) is 0.510. The van der Waals surface area contributed by atoms with Gasteiger partial charge in [0.1, 0.15) is 17.7 Å². The molecule has 1 atom stereocenters. The van der Waals surface area contributed by atoms with Crippen LogP contribution in [0.1, 0.15) is 36.3 Å². The molecule has 34 heavy (non-hydrogen) atoms. The van der Waals surface area contributed by atoms with Crippen LogP contribution in [0.25, 0.3) is 0 Å². The van der Waals surface area contributed by atoms with Crippen LogP contribution in [-0.4, -0.2) is 59.1 Å². The molecule has 9 nitrogen and oxygen atoms in total. The Morgan fingerprint density at radius 3 is 2.68 bits per heavy atom. The molecule has 0 aliphatic carbocycles. The fraction of sp³-hybridized carbons (Fsp3) is 0.417. The van der Waals surface area contributed by atoms with Gasteiger partial charge in [0.25, 0.3) is 0 Å². The SMILES string of the molecule is CCOc1nc(N)c2c(n1)N(Cc1ccc(CCCN(C)C)nc1)C(c1cncc(F)c1)N2C. The smallest absolute Gasteiger partial charge is 0.320 e. The number of halogens is 1. The Bertz CT molecular complexity index is 1120. The van der Waals surface area contributed by atoms with Gasteiger partial charge >= 0.3 is 6.01 Å². The molecule has 2 N–H and O–H groups in total. The van der Waals surface area contributed by atoms with Crippen LogP contribution in [0.4, 0.5) is 21.7 Å². The van der Waals surface area contributed by atoms with E-state index in [1.807, 2.05) is 25.1 Å². The van der Waals surface area contributed by atoms with Gasteiger partial charge in [0.2, 0.25) is 0 Å². The third kappa shape index (κ3) is 5.01. The molecule has 10 heteroatoms. The van der Waals surface area contributed by atoms with Gasteiger partial charge in [-0.05, 0) is 58.1 Å². The molecule has 0 bridgehead atoms. The van der Waals surface area contributed by atoms with Crippen molar-refractivity contribution in [1.29, 1.82) is 0 Å². The van der Waals surface area contributed by atoms with E-state index in [4.69, 9.17) is 10.5 Å². The molecule has 0 fully saturated rings. The minimum absolute atomic E-state index is 0.213. The largest absolute Gasteiger partial charge is 0.464 e. The van der Waals surface area contributed by atoms with Gasteiger partial charge in [-0.25, -0.2) is 4.39 Å². The van der Waals surface area contributed by atoms with Gasteiger partial charge in [-0.2, -0.15) is 9.97 Å². The molecule has 180 valence electrons. The Kier molecular flexibility index (Phi) is 7.06. The molecule has 0 amide bonds. The van der Waals surface area contributed by atoms with Crippen molar-refractivity contribution >= 4 is 17.3 Å². The van der Waals surface area contributed by atoms with Gasteiger partial charge in [-0.15, -0.1) is 0 Å². The van der Waals surface area contributed by atoms with Crippen LogP contribution >= 0.6 is 0 Å². The molecule has 4 heterocycles. The van der Waals surface area contributed by atoms with Crippen molar-refractivity contribution in [3.63, 3.8) is 0 Å². The Hall–Kier alpha value is -3.53. The Balaban J connectivity index is 1.66. The maximum absolute atomic E-state index is 14.1. The number of pyridine rings is 2. The van der Waals surface area contributed by atoms with E-state index < -0.39 is 5.82 Å². The number of fused-ring (bicyclic) bond motifs is 1. The monoisotopic (exact) mass is 466 g/mol. The van der Waals surface area contributed by atoms with Crippen molar-refractivity contribution < 1.29 is 9.13 Å². The lowest BCUT2D eigenvalue weighted by Crippen LogP contribution is -2.33. The molecule has 1 aliphatic heterocycles. The molecule has 1 aliphatic rings. The highest BCUT2D eigenvalue weighted by atomic mass is 19.1. The lowest BCUT2D eigenvalue weighted by Gasteiger charge is -2.30. The Labute approximate surface area is 199 Å². The van der Waals surface area contributed by atoms with Gasteiger partial charge in [0, 0.05) is 37.2 Å². The number of rotatable bonds is 9. The highest BCUT2D eigenvalue weighted by Gasteiger charge is 2.39. The van der Waals surface area contributed by atoms with Crippen LogP contribution in [0.5, 0.6) is 6.01 Å². The van der Waals surface area contributed by atoms with Crippen molar-refractivity contribution in [2.45, 2.75) is 32.5 Å². The van der Waals surface area contributed by atoms with Crippen LogP contribution in [-0.2, 0) is 13.0 Å². The van der Waals surface area contributed by atoms with Gasteiger partial charge in [0.15, 0.2) is 11.6 Å². The van der Waals surface area contributed by atoms with Crippen molar-refractivity contribution in [3.8, 4) is 6.01 Å². The number of aromatic nitrogens is 4. The fourth-order valence-corrected chi connectivity index (χ4v) is 4.22. The normalized spacial score (nSPS) is 15.2. The van der Waals surface area contributed by atoms with Crippen LogP contribution in [0, 0.1) is 5.82 Å². The van der Waals surface area contributed by atoms with E-state index in [2.05, 4.69) is 56.0 Å². The molecule has 3 aromatic rings. The number of ether oxygens (including phenoxy) is 1. The van der Waals surface area contributed by atoms with Crippen molar-refractivity contribution in [3.05, 3.63) is 59.4 Å². The maximum atomic E-state index is 14.1. The first-order valence-electron chi connectivity index (χ1n) is 11.4. The summed E-state index contributed by atoms with van der Waals surface area (Å²) in [5.74, 6) is 0.532. The lowest BCUT2D eigenvalue weighted by atomic mass is 10.1. The molecular formula is C24H31FN8O. The predicted molar refractivity (Wildman–Crippen MR) is 130 cm³/mol. The summed E-state index contributed by atoms with van der Waals surface area (Å²) in [5.41, 5.74) is 9.72. The van der Waals surface area contributed by atoms with E-state index in [1.54, 1.807) is 6.20 Å². The average Bonchev–Trinajstić information content (AvgIpc) is 3.06. The topological polar surface area (TPSA) is 96.5 Å². The fourth-order valence-electron chi connectivity index (χ4n) is 4.22. The van der Waals surface area contributed by atoms with E-state index in [-0.39, 0.29) is 12.2 Å². The molecule has 0 aromatic carbocycles. The zero-order valence-corrected chi connectivity index (χ0v) is 20.1. The minimum atomic E-state index is -0.403. The van der Waals surface area contributed by atoms with E-state index in [0.29, 0.717) is 36.0 Å². The van der Waals surface area contributed by atoms with Crippen LogP contribution in [0.3, 0.4) is 0 Å². The number of nitrogens with zero attached hydrogens (tertiary/aromatic N) is 7. The first-order valence-corrected chi connectivity index (χ1v) is 11.4. The summed E-state index contributed by atoms with van der Waals surface area (Å²) in [4.78, 5) is 23.8. The van der Waals surface area contributed by atoms with Crippen LogP contribution in [0.2, 0.25) is 0 Å². The second-order valence-corrected chi connectivity index (χ2v) is 8.61. The molecular weight excluding hydrogens is 435 g/mol. The summed E-state index contributed by atoms with van der Waals surface area (Å²) in [5, 5.41) is 0. The van der Waals surface area contributed by atoms with Crippen LogP contribution in [0.15, 0.2) is 36.8 Å². The minimum Gasteiger partial charge on any atom is -0.464 e. The summed E-state index contributed by atoms with van der Waals surface area (Å²) in [6, 6.07) is 5.83. The van der Waals surface area contributed by atoms with E-state index in [0.717, 1.165) is 30.6 Å². The first-order chi connectivity index (χ1) is 16.4. The average molecular weight is 467 g/mol. The molecule has 1 unspecified atom stereocenters. The van der Waals surface area contributed by atoms with Gasteiger partial charge < -0.3 is 25.2 Å². The van der Waals surface area contributed by atoms with E-state index in [9.17, 15) is 4.39 Å². The van der Waals surface area contributed by atoms with Crippen molar-refractivity contribution in [2.24, 2.45) is 0 Å². The molecule has 4 rings (SSSR count).